The van der Waals surface area contributed by atoms with E-state index in [4.69, 9.17) is 4.52 Å². The van der Waals surface area contributed by atoms with Crippen LogP contribution in [-0.4, -0.2) is 48.2 Å². The Morgan fingerprint density at radius 3 is 3.19 bits per heavy atom. The monoisotopic (exact) mass is 306 g/mol. The molecule has 2 N–H and O–H groups in total. The van der Waals surface area contributed by atoms with Gasteiger partial charge in [-0.3, -0.25) is 4.79 Å². The summed E-state index contributed by atoms with van der Waals surface area (Å²) in [5, 5.41) is 11.1. The van der Waals surface area contributed by atoms with Gasteiger partial charge in [0.2, 0.25) is 0 Å². The maximum absolute atomic E-state index is 11.9. The fourth-order valence-electron chi connectivity index (χ4n) is 2.04. The highest BCUT2D eigenvalue weighted by molar-refractivity contribution is 7.13. The Morgan fingerprint density at radius 1 is 1.57 bits per heavy atom. The Bertz CT molecular complexity index is 638. The Labute approximate surface area is 124 Å². The number of nitrogens with zero attached hydrogens (tertiary/aromatic N) is 2. The normalized spacial score (nSPS) is 14.3. The molecule has 3 amide bonds. The Morgan fingerprint density at radius 2 is 2.48 bits per heavy atom. The zero-order valence-corrected chi connectivity index (χ0v) is 12.0. The van der Waals surface area contributed by atoms with Gasteiger partial charge >= 0.3 is 6.03 Å². The molecule has 0 aliphatic carbocycles. The Hall–Kier alpha value is -2.35. The van der Waals surface area contributed by atoms with Crippen molar-refractivity contribution in [3.05, 3.63) is 29.3 Å². The van der Waals surface area contributed by atoms with Crippen molar-refractivity contribution in [2.45, 2.75) is 0 Å². The molecule has 7 nitrogen and oxygen atoms in total. The number of aromatic nitrogens is 1. The van der Waals surface area contributed by atoms with Gasteiger partial charge in [-0.15, -0.1) is 11.3 Å². The zero-order chi connectivity index (χ0) is 14.7. The van der Waals surface area contributed by atoms with Crippen molar-refractivity contribution in [1.29, 1.82) is 0 Å². The highest BCUT2D eigenvalue weighted by atomic mass is 32.1. The van der Waals surface area contributed by atoms with Crippen molar-refractivity contribution in [3.63, 3.8) is 0 Å². The van der Waals surface area contributed by atoms with Gasteiger partial charge < -0.3 is 20.1 Å². The maximum Gasteiger partial charge on any atom is 0.317 e. The van der Waals surface area contributed by atoms with Crippen LogP contribution in [0.15, 0.2) is 28.1 Å². The summed E-state index contributed by atoms with van der Waals surface area (Å²) in [7, 11) is 0. The van der Waals surface area contributed by atoms with Gasteiger partial charge in [-0.05, 0) is 11.4 Å². The molecule has 0 saturated carbocycles. The molecule has 2 aromatic heterocycles. The minimum atomic E-state index is -0.304. The third kappa shape index (κ3) is 3.05. The highest BCUT2D eigenvalue weighted by Crippen LogP contribution is 2.24. The van der Waals surface area contributed by atoms with Gasteiger partial charge in [0, 0.05) is 32.2 Å². The number of hydrogen-bond acceptors (Lipinski definition) is 5. The molecule has 8 heteroatoms. The maximum atomic E-state index is 11.9. The predicted molar refractivity (Wildman–Crippen MR) is 77.1 cm³/mol. The van der Waals surface area contributed by atoms with Crippen molar-refractivity contribution < 1.29 is 14.1 Å². The van der Waals surface area contributed by atoms with Crippen LogP contribution in [0.3, 0.4) is 0 Å². The molecule has 3 rings (SSSR count). The minimum Gasteiger partial charge on any atom is -0.355 e. The second kappa shape index (κ2) is 5.96. The van der Waals surface area contributed by atoms with E-state index in [2.05, 4.69) is 15.8 Å². The molecule has 0 radical (unpaired) electrons. The molecule has 0 spiro atoms. The number of hydrogen-bond donors (Lipinski definition) is 2. The van der Waals surface area contributed by atoms with Gasteiger partial charge in [0.15, 0.2) is 11.5 Å². The molecule has 1 fully saturated rings. The molecule has 0 bridgehead atoms. The largest absolute Gasteiger partial charge is 0.355 e. The van der Waals surface area contributed by atoms with Crippen LogP contribution in [0.4, 0.5) is 4.79 Å². The minimum absolute atomic E-state index is 0.0920. The Balaban J connectivity index is 1.52. The van der Waals surface area contributed by atoms with Crippen LogP contribution in [0.2, 0.25) is 0 Å². The topological polar surface area (TPSA) is 87.5 Å². The van der Waals surface area contributed by atoms with Gasteiger partial charge in [-0.2, -0.15) is 0 Å². The molecule has 2 aromatic rings. The van der Waals surface area contributed by atoms with Crippen LogP contribution in [0.1, 0.15) is 10.5 Å². The first-order valence-electron chi connectivity index (χ1n) is 6.55. The highest BCUT2D eigenvalue weighted by Gasteiger charge is 2.19. The number of carbonyl (C=O) groups excluding carboxylic acids is 2. The fraction of sp³-hybridized carbons (Fsp3) is 0.308. The molecule has 1 aliphatic rings. The van der Waals surface area contributed by atoms with E-state index in [1.165, 1.54) is 11.3 Å². The molecule has 0 atom stereocenters. The van der Waals surface area contributed by atoms with Crippen molar-refractivity contribution in [3.8, 4) is 10.6 Å². The van der Waals surface area contributed by atoms with E-state index in [1.807, 2.05) is 17.5 Å². The lowest BCUT2D eigenvalue weighted by Crippen LogP contribution is -2.36. The van der Waals surface area contributed by atoms with Gasteiger partial charge in [0.25, 0.3) is 5.91 Å². The lowest BCUT2D eigenvalue weighted by Gasteiger charge is -2.13. The van der Waals surface area contributed by atoms with Crippen LogP contribution in [-0.2, 0) is 0 Å². The third-order valence-electron chi connectivity index (χ3n) is 3.12. The first-order valence-corrected chi connectivity index (χ1v) is 7.43. The lowest BCUT2D eigenvalue weighted by molar-refractivity contribution is 0.0941. The average molecular weight is 306 g/mol. The van der Waals surface area contributed by atoms with Crippen molar-refractivity contribution >= 4 is 23.3 Å². The summed E-state index contributed by atoms with van der Waals surface area (Å²) in [6.45, 7) is 2.18. The summed E-state index contributed by atoms with van der Waals surface area (Å²) in [6, 6.07) is 5.33. The number of carbonyl (C=O) groups is 2. The van der Waals surface area contributed by atoms with Crippen LogP contribution in [0, 0.1) is 0 Å². The van der Waals surface area contributed by atoms with E-state index in [0.717, 1.165) is 4.88 Å². The summed E-state index contributed by atoms with van der Waals surface area (Å²) in [5.74, 6) is 0.273. The molecule has 0 unspecified atom stereocenters. The van der Waals surface area contributed by atoms with Crippen molar-refractivity contribution in [2.24, 2.45) is 0 Å². The van der Waals surface area contributed by atoms with Crippen LogP contribution in [0.25, 0.3) is 10.6 Å². The molecule has 0 aromatic carbocycles. The van der Waals surface area contributed by atoms with E-state index in [0.29, 0.717) is 31.9 Å². The molecule has 3 heterocycles. The molecular weight excluding hydrogens is 292 g/mol. The van der Waals surface area contributed by atoms with Crippen LogP contribution < -0.4 is 10.6 Å². The van der Waals surface area contributed by atoms with Crippen molar-refractivity contribution in [1.82, 2.24) is 20.7 Å². The standard InChI is InChI=1S/C13H14N4O3S/c18-12(14-3-5-17-6-4-15-13(17)19)9-8-10(20-16-9)11-2-1-7-21-11/h1-2,7-8H,3-6H2,(H,14,18)(H,15,19). The van der Waals surface area contributed by atoms with Crippen LogP contribution >= 0.6 is 11.3 Å². The second-order valence-electron chi connectivity index (χ2n) is 4.53. The smallest absolute Gasteiger partial charge is 0.317 e. The summed E-state index contributed by atoms with van der Waals surface area (Å²) < 4.78 is 5.15. The number of thiophene rings is 1. The second-order valence-corrected chi connectivity index (χ2v) is 5.48. The van der Waals surface area contributed by atoms with E-state index >= 15 is 0 Å². The first kappa shape index (κ1) is 13.6. The number of rotatable bonds is 5. The SMILES string of the molecule is O=C(NCCN1CCNC1=O)c1cc(-c2cccs2)on1. The molecule has 1 aliphatic heterocycles. The fourth-order valence-corrected chi connectivity index (χ4v) is 2.71. The van der Waals surface area contributed by atoms with Gasteiger partial charge in [0.05, 0.1) is 4.88 Å². The van der Waals surface area contributed by atoms with Gasteiger partial charge in [0.1, 0.15) is 0 Å². The van der Waals surface area contributed by atoms with E-state index in [-0.39, 0.29) is 17.6 Å². The van der Waals surface area contributed by atoms with Crippen LogP contribution in [0.5, 0.6) is 0 Å². The van der Waals surface area contributed by atoms with Gasteiger partial charge in [-0.1, -0.05) is 11.2 Å². The van der Waals surface area contributed by atoms with Crippen molar-refractivity contribution in [2.75, 3.05) is 26.2 Å². The third-order valence-corrected chi connectivity index (χ3v) is 4.00. The molecule has 1 saturated heterocycles. The predicted octanol–water partition coefficient (Wildman–Crippen LogP) is 1.16. The molecule has 110 valence electrons. The molecule has 21 heavy (non-hydrogen) atoms. The summed E-state index contributed by atoms with van der Waals surface area (Å²) in [6.07, 6.45) is 0. The van der Waals surface area contributed by atoms with E-state index in [9.17, 15) is 9.59 Å². The summed E-state index contributed by atoms with van der Waals surface area (Å²) >= 11 is 1.52. The zero-order valence-electron chi connectivity index (χ0n) is 11.2. The lowest BCUT2D eigenvalue weighted by atomic mass is 10.3. The molecular formula is C13H14N4O3S. The van der Waals surface area contributed by atoms with Gasteiger partial charge in [-0.25, -0.2) is 4.79 Å². The first-order chi connectivity index (χ1) is 10.2. The number of amides is 3. The summed E-state index contributed by atoms with van der Waals surface area (Å²) in [4.78, 5) is 25.8. The number of nitrogens with one attached hydrogen (secondary N) is 2. The summed E-state index contributed by atoms with van der Waals surface area (Å²) in [5.41, 5.74) is 0.240. The number of urea groups is 1. The van der Waals surface area contributed by atoms with E-state index < -0.39 is 0 Å². The Kier molecular flexibility index (Phi) is 3.87. The average Bonchev–Trinajstić information content (AvgIpc) is 3.19. The van der Waals surface area contributed by atoms with E-state index in [1.54, 1.807) is 11.0 Å². The quantitative estimate of drug-likeness (QED) is 0.867.